The zero-order valence-electron chi connectivity index (χ0n) is 34.1. The Bertz CT molecular complexity index is 3360. The van der Waals surface area contributed by atoms with Gasteiger partial charge in [0.25, 0.3) is 0 Å². The Morgan fingerprint density at radius 2 is 1.07 bits per heavy atom. The molecule has 0 fully saturated rings. The number of hydrogen-bond acceptors (Lipinski definition) is 4. The van der Waals surface area contributed by atoms with E-state index in [1.165, 1.54) is 29.7 Å². The molecule has 60 heavy (non-hydrogen) atoms. The lowest BCUT2D eigenvalue weighted by Gasteiger charge is -2.42. The Kier molecular flexibility index (Phi) is 8.15. The van der Waals surface area contributed by atoms with Crippen LogP contribution in [-0.2, 0) is 10.8 Å². The van der Waals surface area contributed by atoms with Crippen LogP contribution in [0.3, 0.4) is 0 Å². The minimum Gasteiger partial charge on any atom is -0.455 e. The van der Waals surface area contributed by atoms with Gasteiger partial charge in [-0.2, -0.15) is 0 Å². The van der Waals surface area contributed by atoms with Gasteiger partial charge in [-0.3, -0.25) is 0 Å². The average Bonchev–Trinajstić information content (AvgIpc) is 3.65. The molecule has 0 radical (unpaired) electrons. The second-order valence-corrected chi connectivity index (χ2v) is 17.6. The third-order valence-electron chi connectivity index (χ3n) is 12.8. The van der Waals surface area contributed by atoms with E-state index < -0.39 is 0 Å². The molecule has 10 aromatic rings. The molecule has 4 nitrogen and oxygen atoms in total. The number of furan rings is 1. The third kappa shape index (κ3) is 5.99. The highest BCUT2D eigenvalue weighted by Crippen LogP contribution is 2.48. The molecule has 2 aromatic heterocycles. The van der Waals surface area contributed by atoms with Crippen LogP contribution in [-0.4, -0.2) is 15.0 Å². The van der Waals surface area contributed by atoms with Gasteiger partial charge in [0.1, 0.15) is 17.0 Å². The van der Waals surface area contributed by atoms with Crippen molar-refractivity contribution in [2.45, 2.75) is 51.4 Å². The van der Waals surface area contributed by atoms with E-state index in [1.54, 1.807) is 6.07 Å². The van der Waals surface area contributed by atoms with Crippen LogP contribution >= 0.6 is 0 Å². The molecule has 11 rings (SSSR count). The van der Waals surface area contributed by atoms with Crippen molar-refractivity contribution in [2.75, 3.05) is 0 Å². The summed E-state index contributed by atoms with van der Waals surface area (Å²) >= 11 is 0. The number of para-hydroxylation sites is 1. The van der Waals surface area contributed by atoms with E-state index in [9.17, 15) is 4.39 Å². The predicted molar refractivity (Wildman–Crippen MR) is 245 cm³/mol. The fourth-order valence-corrected chi connectivity index (χ4v) is 9.41. The maximum Gasteiger partial charge on any atom is 0.164 e. The van der Waals surface area contributed by atoms with E-state index in [0.717, 1.165) is 83.3 Å². The summed E-state index contributed by atoms with van der Waals surface area (Å²) in [6, 6.07) is 53.6. The molecule has 5 heteroatoms. The molecule has 0 saturated heterocycles. The molecule has 0 N–H and O–H groups in total. The smallest absolute Gasteiger partial charge is 0.164 e. The summed E-state index contributed by atoms with van der Waals surface area (Å²) < 4.78 is 21.4. The summed E-state index contributed by atoms with van der Waals surface area (Å²) in [5.41, 5.74) is 11.5. The Labute approximate surface area is 348 Å². The van der Waals surface area contributed by atoms with Crippen LogP contribution in [0.2, 0.25) is 0 Å². The van der Waals surface area contributed by atoms with Gasteiger partial charge in [0, 0.05) is 33.0 Å². The molecular formula is C55H42FN3O. The second kappa shape index (κ2) is 13.5. The van der Waals surface area contributed by atoms with E-state index in [0.29, 0.717) is 23.0 Å². The molecule has 8 aromatic carbocycles. The number of hydrogen-bond donors (Lipinski definition) is 0. The van der Waals surface area contributed by atoms with Gasteiger partial charge in [-0.1, -0.05) is 143 Å². The third-order valence-corrected chi connectivity index (χ3v) is 12.8. The number of nitrogens with zero attached hydrogens (tertiary/aromatic N) is 3. The quantitative estimate of drug-likeness (QED) is 0.175. The number of rotatable bonds is 5. The lowest BCUT2D eigenvalue weighted by Crippen LogP contribution is -2.33. The highest BCUT2D eigenvalue weighted by Gasteiger charge is 2.37. The first-order valence-electron chi connectivity index (χ1n) is 20.7. The Hall–Kier alpha value is -6.98. The normalized spacial score (nSPS) is 14.6. The minimum absolute atomic E-state index is 0.0647. The Morgan fingerprint density at radius 3 is 1.85 bits per heavy atom. The fraction of sp³-hybridized carbons (Fsp3) is 0.145. The maximum absolute atomic E-state index is 14.7. The van der Waals surface area contributed by atoms with Gasteiger partial charge >= 0.3 is 0 Å². The van der Waals surface area contributed by atoms with E-state index in [4.69, 9.17) is 19.4 Å². The number of halogens is 1. The summed E-state index contributed by atoms with van der Waals surface area (Å²) in [4.78, 5) is 15.1. The van der Waals surface area contributed by atoms with Crippen LogP contribution in [0.1, 0.15) is 51.7 Å². The lowest BCUT2D eigenvalue weighted by molar-refractivity contribution is 0.332. The van der Waals surface area contributed by atoms with Crippen LogP contribution in [0.5, 0.6) is 0 Å². The molecule has 0 spiro atoms. The molecule has 0 bridgehead atoms. The lowest BCUT2D eigenvalue weighted by atomic mass is 9.63. The maximum atomic E-state index is 14.7. The number of aromatic nitrogens is 3. The van der Waals surface area contributed by atoms with Crippen molar-refractivity contribution in [1.29, 1.82) is 0 Å². The van der Waals surface area contributed by atoms with Crippen LogP contribution in [0.4, 0.5) is 4.39 Å². The molecule has 290 valence electrons. The van der Waals surface area contributed by atoms with Gasteiger partial charge in [-0.25, -0.2) is 19.3 Å². The van der Waals surface area contributed by atoms with E-state index >= 15 is 0 Å². The van der Waals surface area contributed by atoms with Crippen LogP contribution in [0.15, 0.2) is 162 Å². The number of fused-ring (bicyclic) bond motifs is 6. The highest BCUT2D eigenvalue weighted by atomic mass is 19.1. The van der Waals surface area contributed by atoms with Crippen molar-refractivity contribution in [3.63, 3.8) is 0 Å². The predicted octanol–water partition coefficient (Wildman–Crippen LogP) is 14.9. The largest absolute Gasteiger partial charge is 0.455 e. The summed E-state index contributed by atoms with van der Waals surface area (Å²) in [6.07, 6.45) is 2.31. The van der Waals surface area contributed by atoms with Crippen molar-refractivity contribution in [1.82, 2.24) is 15.0 Å². The van der Waals surface area contributed by atoms with Crippen molar-refractivity contribution < 1.29 is 8.81 Å². The monoisotopic (exact) mass is 779 g/mol. The van der Waals surface area contributed by atoms with Gasteiger partial charge in [0.15, 0.2) is 17.5 Å². The van der Waals surface area contributed by atoms with E-state index in [1.807, 2.05) is 30.3 Å². The van der Waals surface area contributed by atoms with Gasteiger partial charge < -0.3 is 4.42 Å². The van der Waals surface area contributed by atoms with Gasteiger partial charge in [0.2, 0.25) is 0 Å². The Morgan fingerprint density at radius 1 is 0.433 bits per heavy atom. The molecule has 0 amide bonds. The zero-order valence-corrected chi connectivity index (χ0v) is 34.1. The Balaban J connectivity index is 1.12. The summed E-state index contributed by atoms with van der Waals surface area (Å²) in [5.74, 6) is 1.11. The molecule has 0 atom stereocenters. The van der Waals surface area contributed by atoms with Crippen molar-refractivity contribution >= 4 is 43.5 Å². The van der Waals surface area contributed by atoms with Crippen molar-refractivity contribution in [2.24, 2.45) is 0 Å². The molecular weight excluding hydrogens is 738 g/mol. The zero-order chi connectivity index (χ0) is 40.8. The summed E-state index contributed by atoms with van der Waals surface area (Å²) in [6.45, 7) is 9.50. The molecule has 2 heterocycles. The van der Waals surface area contributed by atoms with Gasteiger partial charge in [-0.05, 0) is 115 Å². The second-order valence-electron chi connectivity index (χ2n) is 17.6. The van der Waals surface area contributed by atoms with Gasteiger partial charge in [0.05, 0.1) is 0 Å². The van der Waals surface area contributed by atoms with Gasteiger partial charge in [-0.15, -0.1) is 0 Å². The van der Waals surface area contributed by atoms with Crippen LogP contribution < -0.4 is 0 Å². The molecule has 0 unspecified atom stereocenters. The van der Waals surface area contributed by atoms with Crippen LogP contribution in [0.25, 0.3) is 99.9 Å². The van der Waals surface area contributed by atoms with Crippen LogP contribution in [0, 0.1) is 5.82 Å². The summed E-state index contributed by atoms with van der Waals surface area (Å²) in [7, 11) is 0. The molecule has 0 saturated carbocycles. The average molecular weight is 780 g/mol. The topological polar surface area (TPSA) is 51.8 Å². The van der Waals surface area contributed by atoms with Crippen molar-refractivity contribution in [3.8, 4) is 56.4 Å². The SMILES string of the molecule is CC1(C)CCC(C)(C)c2cc(-c3cc(-c4ccc(-c5nc(-c6cccc(F)c6)nc(-c6ccc7ccccc7c6)n5)c5ccccc45)cc4c3oc3ccccc34)ccc21. The molecule has 1 aliphatic carbocycles. The molecule has 1 aliphatic rings. The first kappa shape index (κ1) is 36.1. The van der Waals surface area contributed by atoms with Crippen molar-refractivity contribution in [3.05, 3.63) is 175 Å². The fourth-order valence-electron chi connectivity index (χ4n) is 9.41. The number of benzene rings is 8. The first-order valence-corrected chi connectivity index (χ1v) is 20.7. The van der Waals surface area contributed by atoms with E-state index in [2.05, 4.69) is 137 Å². The summed E-state index contributed by atoms with van der Waals surface area (Å²) in [5, 5.41) is 6.47. The standard InChI is InChI=1S/C55H42FN3O/c1-54(2)26-27-55(3,4)48-32-35(22-25-47(48)54)45-30-38(31-46-43-18-9-10-19-49(43)60-50(45)46)40-23-24-44(42-17-8-7-16-41(40)42)53-58-51(36-14-11-15-39(56)29-36)57-52(59-53)37-21-20-33-12-5-6-13-34(33)28-37/h5-25,28-32H,26-27H2,1-4H3. The first-order chi connectivity index (χ1) is 29.1. The highest BCUT2D eigenvalue weighted by molar-refractivity contribution is 6.13. The molecule has 0 aliphatic heterocycles. The minimum atomic E-state index is -0.346. The van der Waals surface area contributed by atoms with E-state index in [-0.39, 0.29) is 16.6 Å².